The molecule has 0 unspecified atom stereocenters. The molecule has 112 valence electrons. The summed E-state index contributed by atoms with van der Waals surface area (Å²) in [7, 11) is 0. The van der Waals surface area contributed by atoms with Gasteiger partial charge in [0.1, 0.15) is 5.82 Å². The van der Waals surface area contributed by atoms with E-state index in [4.69, 9.17) is 0 Å². The van der Waals surface area contributed by atoms with Crippen LogP contribution in [0.15, 0.2) is 18.2 Å². The smallest absolute Gasteiger partial charge is 0.331 e. The quantitative estimate of drug-likeness (QED) is 0.915. The molecule has 0 aliphatic heterocycles. The van der Waals surface area contributed by atoms with Crippen molar-refractivity contribution in [2.45, 2.75) is 39.2 Å². The van der Waals surface area contributed by atoms with Crippen molar-refractivity contribution >= 4 is 5.97 Å². The Labute approximate surface area is 121 Å². The lowest BCUT2D eigenvalue weighted by atomic mass is 9.92. The van der Waals surface area contributed by atoms with Crippen LogP contribution in [0.5, 0.6) is 0 Å². The summed E-state index contributed by atoms with van der Waals surface area (Å²) in [6.45, 7) is 5.18. The first-order valence-corrected chi connectivity index (χ1v) is 6.75. The number of hydrogen-bond donors (Lipinski definition) is 1. The fourth-order valence-electron chi connectivity index (χ4n) is 2.33. The molecule has 0 atom stereocenters. The number of benzene rings is 1. The number of hydrogen-bond acceptors (Lipinski definition) is 4. The van der Waals surface area contributed by atoms with Gasteiger partial charge in [-0.25, -0.2) is 13.9 Å². The van der Waals surface area contributed by atoms with Gasteiger partial charge in [0, 0.05) is 5.56 Å². The number of rotatable bonds is 5. The molecular formula is C14H17FN4O2. The highest BCUT2D eigenvalue weighted by Gasteiger charge is 2.40. The summed E-state index contributed by atoms with van der Waals surface area (Å²) in [4.78, 5) is 11.7. The second-order valence-electron chi connectivity index (χ2n) is 4.92. The largest absolute Gasteiger partial charge is 0.479 e. The lowest BCUT2D eigenvalue weighted by Crippen LogP contribution is -2.42. The van der Waals surface area contributed by atoms with Crippen molar-refractivity contribution in [2.75, 3.05) is 0 Å². The first-order chi connectivity index (χ1) is 9.96. The van der Waals surface area contributed by atoms with Crippen LogP contribution in [0.4, 0.5) is 4.39 Å². The first kappa shape index (κ1) is 15.1. The molecule has 0 bridgehead atoms. The highest BCUT2D eigenvalue weighted by Crippen LogP contribution is 2.30. The minimum atomic E-state index is -1.24. The SMILES string of the molecule is CCC(CC)(C(=O)O)n1nnnc1-c1ccc(C)c(F)c1. The second-order valence-corrected chi connectivity index (χ2v) is 4.92. The molecule has 2 aromatic rings. The van der Waals surface area contributed by atoms with Gasteiger partial charge in [-0.3, -0.25) is 0 Å². The zero-order chi connectivity index (χ0) is 15.6. The van der Waals surface area contributed by atoms with Gasteiger partial charge in [0.2, 0.25) is 0 Å². The van der Waals surface area contributed by atoms with Gasteiger partial charge in [0.25, 0.3) is 0 Å². The van der Waals surface area contributed by atoms with Crippen LogP contribution in [0.2, 0.25) is 0 Å². The summed E-state index contributed by atoms with van der Waals surface area (Å²) in [5.41, 5.74) is -0.274. The van der Waals surface area contributed by atoms with Gasteiger partial charge in [-0.15, -0.1) is 5.10 Å². The summed E-state index contributed by atoms with van der Waals surface area (Å²) in [5.74, 6) is -1.13. The van der Waals surface area contributed by atoms with Crippen molar-refractivity contribution in [3.05, 3.63) is 29.6 Å². The molecule has 0 radical (unpaired) electrons. The van der Waals surface area contributed by atoms with E-state index >= 15 is 0 Å². The molecule has 1 heterocycles. The Morgan fingerprint density at radius 3 is 2.57 bits per heavy atom. The topological polar surface area (TPSA) is 80.9 Å². The zero-order valence-electron chi connectivity index (χ0n) is 12.2. The number of aromatic nitrogens is 4. The predicted molar refractivity (Wildman–Crippen MR) is 74.1 cm³/mol. The van der Waals surface area contributed by atoms with Crippen LogP contribution >= 0.6 is 0 Å². The Balaban J connectivity index is 2.61. The number of tetrazole rings is 1. The first-order valence-electron chi connectivity index (χ1n) is 6.75. The van der Waals surface area contributed by atoms with Gasteiger partial charge in [-0.05, 0) is 41.8 Å². The molecule has 0 aliphatic carbocycles. The number of carbonyl (C=O) groups is 1. The molecule has 1 aromatic carbocycles. The maximum atomic E-state index is 13.7. The monoisotopic (exact) mass is 292 g/mol. The number of carboxylic acid groups (broad SMARTS) is 1. The molecule has 0 aliphatic rings. The number of nitrogens with zero attached hydrogens (tertiary/aromatic N) is 4. The van der Waals surface area contributed by atoms with Crippen molar-refractivity contribution in [3.63, 3.8) is 0 Å². The maximum absolute atomic E-state index is 13.7. The van der Waals surface area contributed by atoms with E-state index in [0.29, 0.717) is 24.0 Å². The van der Waals surface area contributed by atoms with Crippen LogP contribution in [0.25, 0.3) is 11.4 Å². The molecule has 1 aromatic heterocycles. The molecule has 0 saturated heterocycles. The molecule has 21 heavy (non-hydrogen) atoms. The summed E-state index contributed by atoms with van der Waals surface area (Å²) in [6, 6.07) is 4.61. The molecule has 7 heteroatoms. The van der Waals surface area contributed by atoms with Crippen LogP contribution < -0.4 is 0 Å². The van der Waals surface area contributed by atoms with Crippen LogP contribution in [-0.2, 0) is 10.3 Å². The minimum absolute atomic E-state index is 0.250. The van der Waals surface area contributed by atoms with Crippen molar-refractivity contribution in [2.24, 2.45) is 0 Å². The van der Waals surface area contributed by atoms with Crippen molar-refractivity contribution in [1.82, 2.24) is 20.2 Å². The van der Waals surface area contributed by atoms with Gasteiger partial charge in [0.05, 0.1) is 0 Å². The average Bonchev–Trinajstić information content (AvgIpc) is 2.93. The van der Waals surface area contributed by atoms with Crippen LogP contribution in [0.1, 0.15) is 32.3 Å². The standard InChI is InChI=1S/C14H17FN4O2/c1-4-14(5-2,13(20)21)19-12(16-17-18-19)10-7-6-9(3)11(15)8-10/h6-8H,4-5H2,1-3H3,(H,20,21). The van der Waals surface area contributed by atoms with E-state index in [1.807, 2.05) is 0 Å². The number of aliphatic carboxylic acids is 1. The van der Waals surface area contributed by atoms with Crippen molar-refractivity contribution in [3.8, 4) is 11.4 Å². The van der Waals surface area contributed by atoms with E-state index < -0.39 is 11.5 Å². The third kappa shape index (κ3) is 2.39. The summed E-state index contributed by atoms with van der Waals surface area (Å²) >= 11 is 0. The zero-order valence-corrected chi connectivity index (χ0v) is 12.2. The maximum Gasteiger partial charge on any atom is 0.331 e. The molecule has 0 fully saturated rings. The van der Waals surface area contributed by atoms with E-state index in [0.717, 1.165) is 0 Å². The summed E-state index contributed by atoms with van der Waals surface area (Å²) in [5, 5.41) is 20.9. The number of aryl methyl sites for hydroxylation is 1. The number of halogens is 1. The Morgan fingerprint density at radius 2 is 2.05 bits per heavy atom. The van der Waals surface area contributed by atoms with Crippen LogP contribution in [0, 0.1) is 12.7 Å². The van der Waals surface area contributed by atoms with E-state index in [9.17, 15) is 14.3 Å². The third-order valence-electron chi connectivity index (χ3n) is 3.87. The molecule has 2 rings (SSSR count). The minimum Gasteiger partial charge on any atom is -0.479 e. The van der Waals surface area contributed by atoms with E-state index in [1.54, 1.807) is 32.9 Å². The van der Waals surface area contributed by atoms with Gasteiger partial charge in [0.15, 0.2) is 11.4 Å². The number of carboxylic acids is 1. The molecule has 0 saturated carbocycles. The van der Waals surface area contributed by atoms with E-state index in [2.05, 4.69) is 15.5 Å². The van der Waals surface area contributed by atoms with Gasteiger partial charge < -0.3 is 5.11 Å². The van der Waals surface area contributed by atoms with Crippen LogP contribution in [-0.4, -0.2) is 31.3 Å². The molecule has 0 spiro atoms. The van der Waals surface area contributed by atoms with Crippen molar-refractivity contribution in [1.29, 1.82) is 0 Å². The predicted octanol–water partition coefficient (Wildman–Crippen LogP) is 2.39. The summed E-state index contributed by atoms with van der Waals surface area (Å²) in [6.07, 6.45) is 0.649. The lowest BCUT2D eigenvalue weighted by Gasteiger charge is -2.27. The Bertz CT molecular complexity index is 665. The molecular weight excluding hydrogens is 275 g/mol. The van der Waals surface area contributed by atoms with Crippen molar-refractivity contribution < 1.29 is 14.3 Å². The highest BCUT2D eigenvalue weighted by atomic mass is 19.1. The Morgan fingerprint density at radius 1 is 1.38 bits per heavy atom. The fraction of sp³-hybridized carbons (Fsp3) is 0.429. The second kappa shape index (κ2) is 5.59. The Kier molecular flexibility index (Phi) is 4.02. The fourth-order valence-corrected chi connectivity index (χ4v) is 2.33. The average molecular weight is 292 g/mol. The molecule has 0 amide bonds. The summed E-state index contributed by atoms with van der Waals surface area (Å²) < 4.78 is 15.0. The van der Waals surface area contributed by atoms with E-state index in [1.165, 1.54) is 10.7 Å². The highest BCUT2D eigenvalue weighted by molar-refractivity contribution is 5.77. The van der Waals surface area contributed by atoms with E-state index in [-0.39, 0.29) is 11.6 Å². The van der Waals surface area contributed by atoms with Crippen LogP contribution in [0.3, 0.4) is 0 Å². The molecule has 6 nitrogen and oxygen atoms in total. The third-order valence-corrected chi connectivity index (χ3v) is 3.87. The van der Waals surface area contributed by atoms with Gasteiger partial charge in [-0.1, -0.05) is 26.0 Å². The Hall–Kier alpha value is -2.31. The molecule has 1 N–H and O–H groups in total. The van der Waals surface area contributed by atoms with Gasteiger partial charge >= 0.3 is 5.97 Å². The lowest BCUT2D eigenvalue weighted by molar-refractivity contribution is -0.148. The van der Waals surface area contributed by atoms with Gasteiger partial charge in [-0.2, -0.15) is 0 Å². The normalized spacial score (nSPS) is 11.6.